The van der Waals surface area contributed by atoms with Crippen LogP contribution in [0.3, 0.4) is 0 Å². The van der Waals surface area contributed by atoms with Crippen molar-refractivity contribution in [3.05, 3.63) is 94.5 Å². The summed E-state index contributed by atoms with van der Waals surface area (Å²) < 4.78 is 11.3. The Kier molecular flexibility index (Phi) is 6.42. The fourth-order valence-electron chi connectivity index (χ4n) is 4.60. The third-order valence-electron chi connectivity index (χ3n) is 6.49. The van der Waals surface area contributed by atoms with E-state index in [9.17, 15) is 4.79 Å². The number of nitrogens with one attached hydrogen (secondary N) is 1. The van der Waals surface area contributed by atoms with Crippen molar-refractivity contribution >= 4 is 34.8 Å². The number of halogens is 1. The first-order chi connectivity index (χ1) is 18.2. The van der Waals surface area contributed by atoms with E-state index in [2.05, 4.69) is 20.4 Å². The van der Waals surface area contributed by atoms with Crippen molar-refractivity contribution in [2.45, 2.75) is 12.6 Å². The average Bonchev–Trinajstić information content (AvgIpc) is 3.35. The van der Waals surface area contributed by atoms with Gasteiger partial charge in [0.25, 0.3) is 5.89 Å². The molecule has 1 atom stereocenters. The normalized spacial score (nSPS) is 17.6. The molecule has 3 aromatic carbocycles. The largest absolute Gasteiger partial charge is 0.403 e. The smallest absolute Gasteiger partial charge is 0.317 e. The van der Waals surface area contributed by atoms with E-state index in [1.165, 1.54) is 0 Å². The number of nitrogens with zero attached hydrogens (tertiary/aromatic N) is 4. The summed E-state index contributed by atoms with van der Waals surface area (Å²) in [6.45, 7) is 3.01. The number of aliphatic imine (C=N–C) groups is 1. The van der Waals surface area contributed by atoms with Crippen molar-refractivity contribution in [1.82, 2.24) is 10.2 Å². The van der Waals surface area contributed by atoms with Crippen molar-refractivity contribution in [2.75, 3.05) is 36.5 Å². The molecule has 186 valence electrons. The molecule has 4 aromatic rings. The van der Waals surface area contributed by atoms with Crippen LogP contribution < -0.4 is 10.2 Å². The van der Waals surface area contributed by atoms with E-state index in [0.29, 0.717) is 23.8 Å². The predicted octanol–water partition coefficient (Wildman–Crippen LogP) is 4.63. The Morgan fingerprint density at radius 3 is 2.51 bits per heavy atom. The Balaban J connectivity index is 1.27. The summed E-state index contributed by atoms with van der Waals surface area (Å²) in [5.74, 6) is 0.170. The molecule has 0 spiro atoms. The van der Waals surface area contributed by atoms with E-state index in [4.69, 9.17) is 25.7 Å². The highest BCUT2D eigenvalue weighted by Crippen LogP contribution is 2.32. The zero-order chi connectivity index (χ0) is 25.2. The Bertz CT molecular complexity index is 1460. The first-order valence-corrected chi connectivity index (χ1v) is 12.5. The molecule has 8 nitrogen and oxygen atoms in total. The molecule has 0 aliphatic carbocycles. The summed E-state index contributed by atoms with van der Waals surface area (Å²) >= 11 is 6.59. The van der Waals surface area contributed by atoms with Crippen molar-refractivity contribution < 1.29 is 13.9 Å². The second kappa shape index (κ2) is 10.2. The second-order valence-corrected chi connectivity index (χ2v) is 9.27. The molecule has 3 heterocycles. The number of carbonyl (C=O) groups is 1. The molecule has 0 radical (unpaired) electrons. The number of aromatic nitrogens is 2. The first kappa shape index (κ1) is 23.4. The van der Waals surface area contributed by atoms with Crippen LogP contribution in [-0.4, -0.2) is 54.2 Å². The molecule has 1 saturated heterocycles. The lowest BCUT2D eigenvalue weighted by atomic mass is 9.96. The number of carbonyl (C=O) groups excluding carboxylic acids is 1. The van der Waals surface area contributed by atoms with E-state index in [1.807, 2.05) is 72.8 Å². The lowest BCUT2D eigenvalue weighted by Gasteiger charge is -2.29. The number of hydrogen-bond donors (Lipinski definition) is 1. The zero-order valence-corrected chi connectivity index (χ0v) is 20.7. The number of hydrogen-bond acceptors (Lipinski definition) is 8. The van der Waals surface area contributed by atoms with E-state index >= 15 is 0 Å². The van der Waals surface area contributed by atoms with Crippen LogP contribution in [-0.2, 0) is 16.0 Å². The summed E-state index contributed by atoms with van der Waals surface area (Å²) in [4.78, 5) is 20.2. The number of morpholine rings is 1. The number of ketones is 1. The molecule has 0 unspecified atom stereocenters. The van der Waals surface area contributed by atoms with Crippen molar-refractivity contribution in [3.63, 3.8) is 0 Å². The second-order valence-electron chi connectivity index (χ2n) is 8.87. The Morgan fingerprint density at radius 1 is 0.919 bits per heavy atom. The summed E-state index contributed by atoms with van der Waals surface area (Å²) in [6, 6.07) is 23.5. The maximum atomic E-state index is 13.2. The quantitative estimate of drug-likeness (QED) is 0.416. The SMILES string of the molecule is O=C1Cc2ccccc2C(c2ccccc2)=N[C@@H]1Nc1nnc(-c2ccc(N3CCOCC3)cc2Cl)o1. The lowest BCUT2D eigenvalue weighted by Crippen LogP contribution is -2.36. The highest BCUT2D eigenvalue weighted by atomic mass is 35.5. The minimum atomic E-state index is -0.880. The molecular formula is C28H24ClN5O3. The molecule has 2 aliphatic rings. The minimum Gasteiger partial charge on any atom is -0.403 e. The van der Waals surface area contributed by atoms with Gasteiger partial charge in [0.05, 0.1) is 29.5 Å². The van der Waals surface area contributed by atoms with Gasteiger partial charge in [-0.25, -0.2) is 0 Å². The van der Waals surface area contributed by atoms with Crippen LogP contribution in [0.25, 0.3) is 11.5 Å². The Morgan fingerprint density at radius 2 is 1.70 bits per heavy atom. The molecule has 37 heavy (non-hydrogen) atoms. The third-order valence-corrected chi connectivity index (χ3v) is 6.80. The summed E-state index contributed by atoms with van der Waals surface area (Å²) in [7, 11) is 0. The third kappa shape index (κ3) is 4.85. The number of rotatable bonds is 5. The average molecular weight is 514 g/mol. The predicted molar refractivity (Wildman–Crippen MR) is 142 cm³/mol. The van der Waals surface area contributed by atoms with Gasteiger partial charge < -0.3 is 19.4 Å². The van der Waals surface area contributed by atoms with E-state index in [0.717, 1.165) is 41.2 Å². The molecule has 1 N–H and O–H groups in total. The van der Waals surface area contributed by atoms with E-state index < -0.39 is 6.17 Å². The van der Waals surface area contributed by atoms with Crippen LogP contribution in [0.4, 0.5) is 11.7 Å². The van der Waals surface area contributed by atoms with Crippen molar-refractivity contribution in [2.24, 2.45) is 4.99 Å². The van der Waals surface area contributed by atoms with Gasteiger partial charge in [0.2, 0.25) is 0 Å². The van der Waals surface area contributed by atoms with Gasteiger partial charge in [-0.2, -0.15) is 0 Å². The topological polar surface area (TPSA) is 92.9 Å². The van der Waals surface area contributed by atoms with Crippen LogP contribution in [0.2, 0.25) is 5.02 Å². The number of fused-ring (bicyclic) bond motifs is 1. The molecule has 0 amide bonds. The fraction of sp³-hybridized carbons (Fsp3) is 0.214. The first-order valence-electron chi connectivity index (χ1n) is 12.1. The molecule has 1 aromatic heterocycles. The van der Waals surface area contributed by atoms with Crippen molar-refractivity contribution in [3.8, 4) is 11.5 Å². The van der Waals surface area contributed by atoms with E-state index in [1.54, 1.807) is 0 Å². The molecule has 2 aliphatic heterocycles. The number of Topliss-reactive ketones (excluding diaryl/α,β-unsaturated/α-hetero) is 1. The molecule has 1 fully saturated rings. The monoisotopic (exact) mass is 513 g/mol. The zero-order valence-electron chi connectivity index (χ0n) is 19.9. The van der Waals surface area contributed by atoms with Crippen LogP contribution in [0.1, 0.15) is 16.7 Å². The maximum absolute atomic E-state index is 13.2. The van der Waals surface area contributed by atoms with Gasteiger partial charge in [-0.05, 0) is 23.8 Å². The standard InChI is InChI=1S/C28H24ClN5O3/c29-23-17-20(34-12-14-36-15-13-34)10-11-22(23)27-32-33-28(37-27)31-26-24(35)16-19-8-4-5-9-21(19)25(30-26)18-6-2-1-3-7-18/h1-11,17,26H,12-16H2,(H,31,33)/t26-/m1/s1. The molecule has 6 rings (SSSR count). The van der Waals surface area contributed by atoms with Crippen LogP contribution >= 0.6 is 11.6 Å². The van der Waals surface area contributed by atoms with Crippen LogP contribution in [0.5, 0.6) is 0 Å². The summed E-state index contributed by atoms with van der Waals surface area (Å²) in [5.41, 5.74) is 5.16. The van der Waals surface area contributed by atoms with Gasteiger partial charge in [-0.3, -0.25) is 9.79 Å². The molecule has 0 bridgehead atoms. The van der Waals surface area contributed by atoms with Gasteiger partial charge in [-0.15, -0.1) is 5.10 Å². The molecule has 0 saturated carbocycles. The Labute approximate surface area is 218 Å². The number of ether oxygens (including phenoxy) is 1. The van der Waals surface area contributed by atoms with Gasteiger partial charge in [0.1, 0.15) is 0 Å². The van der Waals surface area contributed by atoms with Gasteiger partial charge >= 0.3 is 6.01 Å². The molecule has 9 heteroatoms. The van der Waals surface area contributed by atoms with Crippen LogP contribution in [0, 0.1) is 0 Å². The fourth-order valence-corrected chi connectivity index (χ4v) is 4.86. The highest BCUT2D eigenvalue weighted by Gasteiger charge is 2.27. The van der Waals surface area contributed by atoms with Crippen LogP contribution in [0.15, 0.2) is 82.2 Å². The van der Waals surface area contributed by atoms with Crippen molar-refractivity contribution in [1.29, 1.82) is 0 Å². The summed E-state index contributed by atoms with van der Waals surface area (Å²) in [5, 5.41) is 11.8. The maximum Gasteiger partial charge on any atom is 0.317 e. The van der Waals surface area contributed by atoms with Gasteiger partial charge in [-0.1, -0.05) is 71.3 Å². The highest BCUT2D eigenvalue weighted by molar-refractivity contribution is 6.33. The lowest BCUT2D eigenvalue weighted by molar-refractivity contribution is -0.119. The minimum absolute atomic E-state index is 0.0916. The van der Waals surface area contributed by atoms with Gasteiger partial charge in [0, 0.05) is 36.3 Å². The summed E-state index contributed by atoms with van der Waals surface area (Å²) in [6.07, 6.45) is -0.640. The van der Waals surface area contributed by atoms with E-state index in [-0.39, 0.29) is 24.1 Å². The van der Waals surface area contributed by atoms with Gasteiger partial charge in [0.15, 0.2) is 11.9 Å². The Hall–Kier alpha value is -4.01. The number of anilines is 2. The number of benzene rings is 3. The molecular weight excluding hydrogens is 490 g/mol.